The van der Waals surface area contributed by atoms with Crippen LogP contribution in [-0.2, 0) is 17.9 Å². The van der Waals surface area contributed by atoms with E-state index in [-0.39, 0.29) is 0 Å². The van der Waals surface area contributed by atoms with Gasteiger partial charge in [-0.3, -0.25) is 14.5 Å². The van der Waals surface area contributed by atoms with E-state index in [1.807, 2.05) is 47.4 Å². The van der Waals surface area contributed by atoms with Crippen molar-refractivity contribution in [3.63, 3.8) is 0 Å². The summed E-state index contributed by atoms with van der Waals surface area (Å²) in [6.45, 7) is 5.43. The highest BCUT2D eigenvalue weighted by atomic mass is 16.4. The number of hydrogen-bond acceptors (Lipinski definition) is 4. The molecule has 0 aliphatic rings. The summed E-state index contributed by atoms with van der Waals surface area (Å²) in [5, 5.41) is 17.4. The molecule has 0 fully saturated rings. The minimum Gasteiger partial charge on any atom is -0.481 e. The molecule has 0 aliphatic heterocycles. The number of nitrogens with one attached hydrogen (secondary N) is 1. The van der Waals surface area contributed by atoms with E-state index >= 15 is 0 Å². The smallest absolute Gasteiger partial charge is 0.309 e. The number of carboxylic acid groups (broad SMARTS) is 1. The molecule has 3 aromatic rings. The van der Waals surface area contributed by atoms with E-state index in [0.29, 0.717) is 26.1 Å². The molecule has 0 saturated heterocycles. The predicted molar refractivity (Wildman–Crippen MR) is 109 cm³/mol. The molecule has 3 rings (SSSR count). The van der Waals surface area contributed by atoms with Crippen molar-refractivity contribution in [2.75, 3.05) is 6.54 Å². The van der Waals surface area contributed by atoms with Crippen molar-refractivity contribution in [1.82, 2.24) is 20.1 Å². The summed E-state index contributed by atoms with van der Waals surface area (Å²) in [6.07, 6.45) is 6.16. The van der Waals surface area contributed by atoms with E-state index in [1.54, 1.807) is 20.0 Å². The van der Waals surface area contributed by atoms with Crippen molar-refractivity contribution >= 4 is 5.97 Å². The van der Waals surface area contributed by atoms with Crippen LogP contribution in [0.25, 0.3) is 11.3 Å². The van der Waals surface area contributed by atoms with Crippen molar-refractivity contribution in [3.8, 4) is 11.3 Å². The number of aliphatic carboxylic acids is 1. The first-order chi connectivity index (χ1) is 13.5. The zero-order chi connectivity index (χ0) is 20.0. The lowest BCUT2D eigenvalue weighted by Crippen LogP contribution is -2.28. The Labute approximate surface area is 165 Å². The number of rotatable bonds is 9. The molecule has 28 heavy (non-hydrogen) atoms. The SMILES string of the molecule is CC(C)(CCNCc1cn(Cc2ccccc2)nc1-c1cccnc1)C(=O)O. The van der Waals surface area contributed by atoms with Gasteiger partial charge in [0.2, 0.25) is 0 Å². The highest BCUT2D eigenvalue weighted by molar-refractivity contribution is 5.73. The Morgan fingerprint density at radius 3 is 2.64 bits per heavy atom. The van der Waals surface area contributed by atoms with Gasteiger partial charge in [-0.05, 0) is 44.5 Å². The maximum absolute atomic E-state index is 11.3. The molecule has 0 radical (unpaired) electrons. The van der Waals surface area contributed by atoms with Crippen LogP contribution in [0.4, 0.5) is 0 Å². The third-order valence-electron chi connectivity index (χ3n) is 4.78. The van der Waals surface area contributed by atoms with Gasteiger partial charge in [0.15, 0.2) is 0 Å². The van der Waals surface area contributed by atoms with Gasteiger partial charge in [-0.25, -0.2) is 0 Å². The Balaban J connectivity index is 1.74. The largest absolute Gasteiger partial charge is 0.481 e. The van der Waals surface area contributed by atoms with Gasteiger partial charge in [0.1, 0.15) is 0 Å². The molecule has 0 aliphatic carbocycles. The molecule has 1 aromatic carbocycles. The van der Waals surface area contributed by atoms with E-state index in [0.717, 1.165) is 16.8 Å². The summed E-state index contributed by atoms with van der Waals surface area (Å²) < 4.78 is 1.94. The lowest BCUT2D eigenvalue weighted by Gasteiger charge is -2.18. The molecule has 2 aromatic heterocycles. The first-order valence-electron chi connectivity index (χ1n) is 9.40. The molecular weight excluding hydrogens is 352 g/mol. The predicted octanol–water partition coefficient (Wildman–Crippen LogP) is 3.58. The monoisotopic (exact) mass is 378 g/mol. The second kappa shape index (κ2) is 8.80. The zero-order valence-corrected chi connectivity index (χ0v) is 16.3. The summed E-state index contributed by atoms with van der Waals surface area (Å²) in [7, 11) is 0. The Hall–Kier alpha value is -2.99. The number of nitrogens with zero attached hydrogens (tertiary/aromatic N) is 3. The number of aromatic nitrogens is 3. The van der Waals surface area contributed by atoms with Gasteiger partial charge < -0.3 is 10.4 Å². The van der Waals surface area contributed by atoms with Gasteiger partial charge in [-0.15, -0.1) is 0 Å². The van der Waals surface area contributed by atoms with Crippen LogP contribution in [0, 0.1) is 5.41 Å². The van der Waals surface area contributed by atoms with Crippen molar-refractivity contribution < 1.29 is 9.90 Å². The van der Waals surface area contributed by atoms with E-state index in [4.69, 9.17) is 5.10 Å². The standard InChI is InChI=1S/C22H26N4O2/c1-22(2,21(27)28)10-12-24-14-19-16-26(15-17-7-4-3-5-8-17)25-20(19)18-9-6-11-23-13-18/h3-9,11,13,16,24H,10,12,14-15H2,1-2H3,(H,27,28). The summed E-state index contributed by atoms with van der Waals surface area (Å²) in [5.74, 6) is -0.777. The molecule has 2 heterocycles. The van der Waals surface area contributed by atoms with Crippen LogP contribution in [-0.4, -0.2) is 32.4 Å². The fraction of sp³-hybridized carbons (Fsp3) is 0.318. The molecule has 0 amide bonds. The summed E-state index contributed by atoms with van der Waals surface area (Å²) in [4.78, 5) is 15.5. The molecule has 0 atom stereocenters. The Bertz CT molecular complexity index is 905. The van der Waals surface area contributed by atoms with E-state index < -0.39 is 11.4 Å². The van der Waals surface area contributed by atoms with Gasteiger partial charge in [0, 0.05) is 36.3 Å². The summed E-state index contributed by atoms with van der Waals surface area (Å²) >= 11 is 0. The minimum absolute atomic E-state index is 0.558. The zero-order valence-electron chi connectivity index (χ0n) is 16.3. The maximum atomic E-state index is 11.3. The van der Waals surface area contributed by atoms with Gasteiger partial charge in [-0.2, -0.15) is 5.10 Å². The van der Waals surface area contributed by atoms with Crippen molar-refractivity contribution in [2.45, 2.75) is 33.4 Å². The fourth-order valence-electron chi connectivity index (χ4n) is 2.92. The molecule has 6 nitrogen and oxygen atoms in total. The summed E-state index contributed by atoms with van der Waals surface area (Å²) in [6, 6.07) is 14.1. The number of pyridine rings is 1. The number of hydrogen-bond donors (Lipinski definition) is 2. The second-order valence-corrected chi connectivity index (χ2v) is 7.54. The Kier molecular flexibility index (Phi) is 6.21. The van der Waals surface area contributed by atoms with Gasteiger partial charge in [0.25, 0.3) is 0 Å². The van der Waals surface area contributed by atoms with Crippen LogP contribution in [0.3, 0.4) is 0 Å². The summed E-state index contributed by atoms with van der Waals surface area (Å²) in [5.41, 5.74) is 3.38. The molecular formula is C22H26N4O2. The quantitative estimate of drug-likeness (QED) is 0.556. The van der Waals surface area contributed by atoms with Crippen LogP contribution in [0.1, 0.15) is 31.4 Å². The molecule has 0 unspecified atom stereocenters. The van der Waals surface area contributed by atoms with Crippen LogP contribution >= 0.6 is 0 Å². The first kappa shape index (κ1) is 19.8. The van der Waals surface area contributed by atoms with Crippen LogP contribution in [0.2, 0.25) is 0 Å². The van der Waals surface area contributed by atoms with Gasteiger partial charge >= 0.3 is 5.97 Å². The highest BCUT2D eigenvalue weighted by Gasteiger charge is 2.26. The second-order valence-electron chi connectivity index (χ2n) is 7.54. The highest BCUT2D eigenvalue weighted by Crippen LogP contribution is 2.23. The topological polar surface area (TPSA) is 80.0 Å². The number of carbonyl (C=O) groups is 1. The number of benzene rings is 1. The minimum atomic E-state index is -0.777. The fourth-order valence-corrected chi connectivity index (χ4v) is 2.92. The molecule has 0 saturated carbocycles. The average Bonchev–Trinajstić information content (AvgIpc) is 3.09. The van der Waals surface area contributed by atoms with Crippen molar-refractivity contribution in [1.29, 1.82) is 0 Å². The third kappa shape index (κ3) is 5.04. The van der Waals surface area contributed by atoms with Crippen molar-refractivity contribution in [2.24, 2.45) is 5.41 Å². The first-order valence-corrected chi connectivity index (χ1v) is 9.40. The lowest BCUT2D eigenvalue weighted by atomic mass is 9.90. The third-order valence-corrected chi connectivity index (χ3v) is 4.78. The van der Waals surface area contributed by atoms with Gasteiger partial charge in [0.05, 0.1) is 17.7 Å². The van der Waals surface area contributed by atoms with E-state index in [9.17, 15) is 9.90 Å². The Morgan fingerprint density at radius 2 is 1.96 bits per heavy atom. The normalized spacial score (nSPS) is 11.5. The van der Waals surface area contributed by atoms with E-state index in [2.05, 4.69) is 22.4 Å². The lowest BCUT2D eigenvalue weighted by molar-refractivity contribution is -0.147. The molecule has 6 heteroatoms. The van der Waals surface area contributed by atoms with Crippen molar-refractivity contribution in [3.05, 3.63) is 72.2 Å². The molecule has 0 bridgehead atoms. The average molecular weight is 378 g/mol. The molecule has 0 spiro atoms. The number of carboxylic acids is 1. The Morgan fingerprint density at radius 1 is 1.18 bits per heavy atom. The van der Waals surface area contributed by atoms with E-state index in [1.165, 1.54) is 5.56 Å². The molecule has 2 N–H and O–H groups in total. The molecule has 146 valence electrons. The van der Waals surface area contributed by atoms with Gasteiger partial charge in [-0.1, -0.05) is 30.3 Å². The van der Waals surface area contributed by atoms with Crippen LogP contribution in [0.5, 0.6) is 0 Å². The van der Waals surface area contributed by atoms with Crippen LogP contribution in [0.15, 0.2) is 61.1 Å². The maximum Gasteiger partial charge on any atom is 0.309 e. The van der Waals surface area contributed by atoms with Crippen LogP contribution < -0.4 is 5.32 Å².